The molecule has 1 aromatic rings. The Hall–Kier alpha value is -0.830. The fourth-order valence-electron chi connectivity index (χ4n) is 0.580. The van der Waals surface area contributed by atoms with E-state index in [-0.39, 0.29) is 11.5 Å². The predicted octanol–water partition coefficient (Wildman–Crippen LogP) is 1.39. The monoisotopic (exact) mass is 142 g/mol. The van der Waals surface area contributed by atoms with Gasteiger partial charge in [0, 0.05) is 11.0 Å². The molecule has 0 amide bonds. The molecular formula is C6H6O2S. The summed E-state index contributed by atoms with van der Waals surface area (Å²) in [6, 6.07) is 4.14. The number of hydrogen-bond donors (Lipinski definition) is 3. The number of rotatable bonds is 0. The van der Waals surface area contributed by atoms with E-state index in [2.05, 4.69) is 12.6 Å². The van der Waals surface area contributed by atoms with Crippen LogP contribution in [0.15, 0.2) is 23.1 Å². The lowest BCUT2D eigenvalue weighted by molar-refractivity contribution is 0.448. The first-order valence-corrected chi connectivity index (χ1v) is 2.85. The van der Waals surface area contributed by atoms with Crippen LogP contribution in [0.4, 0.5) is 0 Å². The zero-order valence-corrected chi connectivity index (χ0v) is 5.47. The molecule has 0 radical (unpaired) electrons. The zero-order chi connectivity index (χ0) is 6.85. The minimum atomic E-state index is 0.0278. The van der Waals surface area contributed by atoms with E-state index in [0.29, 0.717) is 4.90 Å². The Labute approximate surface area is 58.2 Å². The van der Waals surface area contributed by atoms with Gasteiger partial charge >= 0.3 is 0 Å². The van der Waals surface area contributed by atoms with Gasteiger partial charge < -0.3 is 10.2 Å². The number of aromatic hydroxyl groups is 2. The average molecular weight is 142 g/mol. The minimum absolute atomic E-state index is 0.0278. The molecule has 0 aliphatic rings. The van der Waals surface area contributed by atoms with Gasteiger partial charge in [-0.1, -0.05) is 0 Å². The predicted molar refractivity (Wildman–Crippen MR) is 37.0 cm³/mol. The molecule has 0 aliphatic heterocycles. The van der Waals surface area contributed by atoms with Crippen molar-refractivity contribution in [2.75, 3.05) is 0 Å². The van der Waals surface area contributed by atoms with Crippen LogP contribution in [0.1, 0.15) is 0 Å². The van der Waals surface area contributed by atoms with Crippen molar-refractivity contribution in [2.45, 2.75) is 4.90 Å². The van der Waals surface area contributed by atoms with Crippen molar-refractivity contribution in [2.24, 2.45) is 0 Å². The van der Waals surface area contributed by atoms with E-state index >= 15 is 0 Å². The first-order valence-electron chi connectivity index (χ1n) is 2.40. The molecule has 2 nitrogen and oxygen atoms in total. The van der Waals surface area contributed by atoms with Gasteiger partial charge in [-0.15, -0.1) is 12.6 Å². The molecule has 0 fully saturated rings. The summed E-state index contributed by atoms with van der Waals surface area (Å²) in [5, 5.41) is 17.6. The second-order valence-electron chi connectivity index (χ2n) is 1.71. The molecule has 2 N–H and O–H groups in total. The Kier molecular flexibility index (Phi) is 1.53. The van der Waals surface area contributed by atoms with Gasteiger partial charge in [-0.2, -0.15) is 0 Å². The quantitative estimate of drug-likeness (QED) is 0.479. The molecule has 0 saturated carbocycles. The molecule has 0 saturated heterocycles. The van der Waals surface area contributed by atoms with Gasteiger partial charge in [-0.05, 0) is 12.1 Å². The lowest BCUT2D eigenvalue weighted by Gasteiger charge is -1.94. The molecule has 3 heteroatoms. The molecular weight excluding hydrogens is 136 g/mol. The van der Waals surface area contributed by atoms with E-state index in [1.54, 1.807) is 0 Å². The molecule has 0 aliphatic carbocycles. The normalized spacial score (nSPS) is 9.44. The molecule has 0 aromatic heterocycles. The average Bonchev–Trinajstić information content (AvgIpc) is 1.59. The van der Waals surface area contributed by atoms with Gasteiger partial charge in [-0.3, -0.25) is 0 Å². The van der Waals surface area contributed by atoms with Crippen LogP contribution in [0.5, 0.6) is 11.5 Å². The summed E-state index contributed by atoms with van der Waals surface area (Å²) in [4.78, 5) is 0.549. The van der Waals surface area contributed by atoms with Crippen molar-refractivity contribution < 1.29 is 10.2 Å². The fourth-order valence-corrected chi connectivity index (χ4v) is 0.844. The summed E-state index contributed by atoms with van der Waals surface area (Å²) in [5.41, 5.74) is 0. The van der Waals surface area contributed by atoms with Crippen LogP contribution < -0.4 is 0 Å². The van der Waals surface area contributed by atoms with E-state index in [9.17, 15) is 0 Å². The zero-order valence-electron chi connectivity index (χ0n) is 4.57. The lowest BCUT2D eigenvalue weighted by Crippen LogP contribution is -1.66. The van der Waals surface area contributed by atoms with Crippen LogP contribution in [0.25, 0.3) is 0 Å². The second-order valence-corrected chi connectivity index (χ2v) is 2.22. The maximum Gasteiger partial charge on any atom is 0.120 e. The Morgan fingerprint density at radius 2 is 1.44 bits per heavy atom. The van der Waals surface area contributed by atoms with Gasteiger partial charge in [0.25, 0.3) is 0 Å². The van der Waals surface area contributed by atoms with Crippen molar-refractivity contribution in [3.63, 3.8) is 0 Å². The van der Waals surface area contributed by atoms with Crippen LogP contribution in [0.3, 0.4) is 0 Å². The molecule has 1 rings (SSSR count). The third kappa shape index (κ3) is 1.54. The number of hydrogen-bond acceptors (Lipinski definition) is 3. The van der Waals surface area contributed by atoms with Gasteiger partial charge in [0.15, 0.2) is 0 Å². The van der Waals surface area contributed by atoms with Crippen LogP contribution in [0.2, 0.25) is 0 Å². The highest BCUT2D eigenvalue weighted by atomic mass is 32.1. The topological polar surface area (TPSA) is 40.5 Å². The number of thiol groups is 1. The van der Waals surface area contributed by atoms with E-state index in [1.807, 2.05) is 0 Å². The summed E-state index contributed by atoms with van der Waals surface area (Å²) < 4.78 is 0. The maximum atomic E-state index is 8.78. The highest BCUT2D eigenvalue weighted by molar-refractivity contribution is 7.80. The van der Waals surface area contributed by atoms with Crippen LogP contribution in [-0.2, 0) is 0 Å². The fraction of sp³-hybridized carbons (Fsp3) is 0. The Bertz CT molecular complexity index is 172. The third-order valence-corrected chi connectivity index (χ3v) is 1.15. The Morgan fingerprint density at radius 1 is 1.00 bits per heavy atom. The summed E-state index contributed by atoms with van der Waals surface area (Å²) in [6.45, 7) is 0. The molecule has 0 spiro atoms. The summed E-state index contributed by atoms with van der Waals surface area (Å²) in [6.07, 6.45) is 0. The first-order chi connectivity index (χ1) is 4.18. The van der Waals surface area contributed by atoms with Gasteiger partial charge in [-0.25, -0.2) is 0 Å². The largest absolute Gasteiger partial charge is 0.508 e. The molecule has 0 unspecified atom stereocenters. The van der Waals surface area contributed by atoms with Crippen molar-refractivity contribution in [3.8, 4) is 11.5 Å². The van der Waals surface area contributed by atoms with Crippen molar-refractivity contribution in [1.82, 2.24) is 0 Å². The highest BCUT2D eigenvalue weighted by Crippen LogP contribution is 2.21. The number of phenolic OH excluding ortho intramolecular Hbond substituents is 2. The number of benzene rings is 1. The summed E-state index contributed by atoms with van der Waals surface area (Å²) >= 11 is 3.90. The SMILES string of the molecule is Oc1cc(O)cc(S)c1. The van der Waals surface area contributed by atoms with Gasteiger partial charge in [0.2, 0.25) is 0 Å². The van der Waals surface area contributed by atoms with Crippen LogP contribution in [-0.4, -0.2) is 10.2 Å². The van der Waals surface area contributed by atoms with E-state index < -0.39 is 0 Å². The first kappa shape index (κ1) is 6.29. The van der Waals surface area contributed by atoms with Crippen molar-refractivity contribution >= 4 is 12.6 Å². The molecule has 1 aromatic carbocycles. The number of phenols is 2. The van der Waals surface area contributed by atoms with E-state index in [1.165, 1.54) is 18.2 Å². The lowest BCUT2D eigenvalue weighted by atomic mass is 10.3. The van der Waals surface area contributed by atoms with Crippen molar-refractivity contribution in [3.05, 3.63) is 18.2 Å². The Balaban J connectivity index is 3.17. The Morgan fingerprint density at radius 3 is 1.78 bits per heavy atom. The molecule has 0 bridgehead atoms. The second kappa shape index (κ2) is 2.19. The van der Waals surface area contributed by atoms with E-state index in [4.69, 9.17) is 10.2 Å². The van der Waals surface area contributed by atoms with Crippen LogP contribution >= 0.6 is 12.6 Å². The van der Waals surface area contributed by atoms with Gasteiger partial charge in [0.05, 0.1) is 0 Å². The molecule has 48 valence electrons. The van der Waals surface area contributed by atoms with E-state index in [0.717, 1.165) is 0 Å². The minimum Gasteiger partial charge on any atom is -0.508 e. The smallest absolute Gasteiger partial charge is 0.120 e. The highest BCUT2D eigenvalue weighted by Gasteiger charge is 1.92. The molecule has 0 atom stereocenters. The molecule has 9 heavy (non-hydrogen) atoms. The van der Waals surface area contributed by atoms with Gasteiger partial charge in [0.1, 0.15) is 11.5 Å². The molecule has 0 heterocycles. The van der Waals surface area contributed by atoms with Crippen molar-refractivity contribution in [1.29, 1.82) is 0 Å². The summed E-state index contributed by atoms with van der Waals surface area (Å²) in [5.74, 6) is 0.0556. The standard InChI is InChI=1S/C6H6O2S/c7-4-1-5(8)3-6(9)2-4/h1-3,7-9H. The summed E-state index contributed by atoms with van der Waals surface area (Å²) in [7, 11) is 0. The van der Waals surface area contributed by atoms with Crippen LogP contribution in [0, 0.1) is 0 Å². The third-order valence-electron chi connectivity index (χ3n) is 0.887. The maximum absolute atomic E-state index is 8.78.